The lowest BCUT2D eigenvalue weighted by atomic mass is 9.93. The molecule has 12 heteroatoms. The number of primary amides is 1. The van der Waals surface area contributed by atoms with Gasteiger partial charge in [-0.15, -0.1) is 0 Å². The Bertz CT molecular complexity index is 1050. The van der Waals surface area contributed by atoms with Crippen molar-refractivity contribution in [2.75, 3.05) is 13.1 Å². The number of nitrogens with one attached hydrogen (secondary N) is 2. The number of amides is 3. The molecule has 0 aromatic heterocycles. The summed E-state index contributed by atoms with van der Waals surface area (Å²) in [6, 6.07) is 4.18. The molecular weight excluding hydrogens is 488 g/mol. The van der Waals surface area contributed by atoms with Crippen molar-refractivity contribution in [3.8, 4) is 0 Å². The van der Waals surface area contributed by atoms with Gasteiger partial charge in [-0.2, -0.15) is 4.72 Å². The second-order valence-electron chi connectivity index (χ2n) is 9.30. The summed E-state index contributed by atoms with van der Waals surface area (Å²) < 4.78 is 28.5. The third kappa shape index (κ3) is 8.02. The van der Waals surface area contributed by atoms with Gasteiger partial charge in [0.1, 0.15) is 12.1 Å². The number of carbonyl (C=O) groups is 4. The Hall–Kier alpha value is -2.99. The van der Waals surface area contributed by atoms with Gasteiger partial charge in [0.05, 0.1) is 4.90 Å². The van der Waals surface area contributed by atoms with E-state index in [0.29, 0.717) is 19.3 Å². The van der Waals surface area contributed by atoms with Crippen LogP contribution in [0.2, 0.25) is 0 Å². The summed E-state index contributed by atoms with van der Waals surface area (Å²) in [6.07, 6.45) is 0.911. The van der Waals surface area contributed by atoms with E-state index in [1.165, 1.54) is 12.1 Å². The highest BCUT2D eigenvalue weighted by Crippen LogP contribution is 2.22. The number of aryl methyl sites for hydroxylation is 1. The summed E-state index contributed by atoms with van der Waals surface area (Å²) in [7, 11) is -3.92. The molecule has 36 heavy (non-hydrogen) atoms. The molecule has 0 spiro atoms. The molecule has 1 aromatic carbocycles. The first kappa shape index (κ1) is 29.2. The molecule has 0 saturated carbocycles. The highest BCUT2D eigenvalue weighted by atomic mass is 32.2. The second-order valence-corrected chi connectivity index (χ2v) is 11.0. The zero-order chi connectivity index (χ0) is 27.0. The zero-order valence-corrected chi connectivity index (χ0v) is 21.7. The van der Waals surface area contributed by atoms with Crippen molar-refractivity contribution in [3.63, 3.8) is 0 Å². The Kier molecular flexibility index (Phi) is 10.4. The highest BCUT2D eigenvalue weighted by molar-refractivity contribution is 7.89. The molecule has 1 aliphatic rings. The molecule has 0 bridgehead atoms. The summed E-state index contributed by atoms with van der Waals surface area (Å²) in [5.74, 6) is -3.50. The number of carboxylic acid groups (broad SMARTS) is 1. The number of carboxylic acids is 1. The Morgan fingerprint density at radius 1 is 1.14 bits per heavy atom. The van der Waals surface area contributed by atoms with Crippen molar-refractivity contribution >= 4 is 33.7 Å². The zero-order valence-electron chi connectivity index (χ0n) is 20.9. The van der Waals surface area contributed by atoms with E-state index in [1.807, 2.05) is 13.8 Å². The van der Waals surface area contributed by atoms with Crippen molar-refractivity contribution < 1.29 is 32.7 Å². The first-order valence-electron chi connectivity index (χ1n) is 12.0. The van der Waals surface area contributed by atoms with Crippen LogP contribution in [0.1, 0.15) is 51.5 Å². The van der Waals surface area contributed by atoms with Crippen LogP contribution in [-0.2, 0) is 29.2 Å². The van der Waals surface area contributed by atoms with Crippen LogP contribution in [-0.4, -0.2) is 67.3 Å². The number of likely N-dealkylation sites (tertiary alicyclic amines) is 1. The topological polar surface area (TPSA) is 176 Å². The number of nitrogens with two attached hydrogens (primary N) is 1. The molecule has 1 aliphatic heterocycles. The third-order valence-corrected chi connectivity index (χ3v) is 8.02. The van der Waals surface area contributed by atoms with Crippen LogP contribution in [0.25, 0.3) is 0 Å². The molecule has 1 fully saturated rings. The van der Waals surface area contributed by atoms with Crippen LogP contribution in [0.3, 0.4) is 0 Å². The van der Waals surface area contributed by atoms with Gasteiger partial charge in [-0.3, -0.25) is 14.4 Å². The Labute approximate surface area is 211 Å². The van der Waals surface area contributed by atoms with Gasteiger partial charge < -0.3 is 21.1 Å². The van der Waals surface area contributed by atoms with Crippen LogP contribution < -0.4 is 15.8 Å². The van der Waals surface area contributed by atoms with Crippen LogP contribution in [0.4, 0.5) is 0 Å². The smallest absolute Gasteiger partial charge is 0.326 e. The number of hydrogen-bond acceptors (Lipinski definition) is 6. The molecule has 1 unspecified atom stereocenters. The monoisotopic (exact) mass is 524 g/mol. The minimum atomic E-state index is -3.92. The van der Waals surface area contributed by atoms with Crippen molar-refractivity contribution in [3.05, 3.63) is 29.8 Å². The molecule has 11 nitrogen and oxygen atoms in total. The van der Waals surface area contributed by atoms with Gasteiger partial charge in [0, 0.05) is 25.4 Å². The maximum Gasteiger partial charge on any atom is 0.326 e. The molecule has 2 rings (SSSR count). The van der Waals surface area contributed by atoms with Gasteiger partial charge in [0.25, 0.3) is 0 Å². The maximum atomic E-state index is 13.3. The lowest BCUT2D eigenvalue weighted by molar-refractivity contribution is -0.143. The molecule has 5 N–H and O–H groups in total. The van der Waals surface area contributed by atoms with Gasteiger partial charge in [0.15, 0.2) is 0 Å². The van der Waals surface area contributed by atoms with Crippen LogP contribution in [0.15, 0.2) is 29.2 Å². The molecule has 1 heterocycles. The third-order valence-electron chi connectivity index (χ3n) is 6.56. The maximum absolute atomic E-state index is 13.3. The predicted molar refractivity (Wildman–Crippen MR) is 132 cm³/mol. The van der Waals surface area contributed by atoms with E-state index in [-0.39, 0.29) is 42.7 Å². The molecule has 1 saturated heterocycles. The summed E-state index contributed by atoms with van der Waals surface area (Å²) >= 11 is 0. The van der Waals surface area contributed by atoms with Crippen molar-refractivity contribution in [1.82, 2.24) is 14.9 Å². The summed E-state index contributed by atoms with van der Waals surface area (Å²) in [5, 5.41) is 11.7. The standard InChI is InChI=1S/C24H36N4O7S/c1-4-16(3)21(27-36(34,35)18-7-5-15(2)6-8-18)23(31)28-13-11-17(12-14-28)22(30)26-19(24(32)33)9-10-20(25)29/h5-8,16-17,19,21,27H,4,9-14H2,1-3H3,(H2,25,29)(H,26,30)(H,32,33)/t16?,19-,21-/m0/s1. The number of benzene rings is 1. The van der Waals surface area contributed by atoms with E-state index >= 15 is 0 Å². The number of sulfonamides is 1. The van der Waals surface area contributed by atoms with E-state index in [0.717, 1.165) is 5.56 Å². The first-order chi connectivity index (χ1) is 16.9. The average Bonchev–Trinajstić information content (AvgIpc) is 2.84. The second kappa shape index (κ2) is 12.8. The molecule has 200 valence electrons. The largest absolute Gasteiger partial charge is 0.480 e. The fourth-order valence-electron chi connectivity index (χ4n) is 3.99. The van der Waals surface area contributed by atoms with Gasteiger partial charge in [-0.1, -0.05) is 38.0 Å². The first-order valence-corrected chi connectivity index (χ1v) is 13.5. The summed E-state index contributed by atoms with van der Waals surface area (Å²) in [4.78, 5) is 49.9. The number of hydrogen-bond donors (Lipinski definition) is 4. The van der Waals surface area contributed by atoms with Gasteiger partial charge >= 0.3 is 5.97 Å². The minimum absolute atomic E-state index is 0.0777. The molecule has 0 aliphatic carbocycles. The van der Waals surface area contributed by atoms with E-state index in [2.05, 4.69) is 10.0 Å². The molecular formula is C24H36N4O7S. The van der Waals surface area contributed by atoms with Gasteiger partial charge in [0.2, 0.25) is 27.7 Å². The van der Waals surface area contributed by atoms with Crippen molar-refractivity contribution in [2.24, 2.45) is 17.6 Å². The van der Waals surface area contributed by atoms with E-state index in [1.54, 1.807) is 24.0 Å². The molecule has 3 amide bonds. The Morgan fingerprint density at radius 3 is 2.22 bits per heavy atom. The lowest BCUT2D eigenvalue weighted by Crippen LogP contribution is -2.54. The molecule has 1 aromatic rings. The van der Waals surface area contributed by atoms with Crippen molar-refractivity contribution in [1.29, 1.82) is 0 Å². The van der Waals surface area contributed by atoms with E-state index in [4.69, 9.17) is 5.73 Å². The lowest BCUT2D eigenvalue weighted by Gasteiger charge is -2.35. The predicted octanol–water partition coefficient (Wildman–Crippen LogP) is 0.762. The van der Waals surface area contributed by atoms with Crippen LogP contribution in [0.5, 0.6) is 0 Å². The normalized spacial score (nSPS) is 17.1. The van der Waals surface area contributed by atoms with Crippen molar-refractivity contribution in [2.45, 2.75) is 69.9 Å². The van der Waals surface area contributed by atoms with E-state index < -0.39 is 45.8 Å². The number of aliphatic carboxylic acids is 1. The summed E-state index contributed by atoms with van der Waals surface area (Å²) in [5.41, 5.74) is 5.98. The molecule has 3 atom stereocenters. The average molecular weight is 525 g/mol. The number of nitrogens with zero attached hydrogens (tertiary/aromatic N) is 1. The highest BCUT2D eigenvalue weighted by Gasteiger charge is 2.36. The Balaban J connectivity index is 2.03. The van der Waals surface area contributed by atoms with Gasteiger partial charge in [-0.25, -0.2) is 13.2 Å². The van der Waals surface area contributed by atoms with E-state index in [9.17, 15) is 32.7 Å². The fraction of sp³-hybridized carbons (Fsp3) is 0.583. The Morgan fingerprint density at radius 2 is 1.72 bits per heavy atom. The quantitative estimate of drug-likeness (QED) is 0.312. The summed E-state index contributed by atoms with van der Waals surface area (Å²) in [6.45, 7) is 5.99. The number of piperidine rings is 1. The SMILES string of the molecule is CCC(C)[C@H](NS(=O)(=O)c1ccc(C)cc1)C(=O)N1CCC(C(=O)N[C@@H](CCC(N)=O)C(=O)O)CC1. The minimum Gasteiger partial charge on any atom is -0.480 e. The number of rotatable bonds is 12. The van der Waals surface area contributed by atoms with Crippen LogP contribution >= 0.6 is 0 Å². The van der Waals surface area contributed by atoms with Crippen LogP contribution in [0, 0.1) is 18.8 Å². The molecule has 0 radical (unpaired) electrons. The number of carbonyl (C=O) groups excluding carboxylic acids is 3. The van der Waals surface area contributed by atoms with Gasteiger partial charge in [-0.05, 0) is 44.2 Å². The fourth-order valence-corrected chi connectivity index (χ4v) is 5.29.